The minimum absolute atomic E-state index is 0.192. The van der Waals surface area contributed by atoms with E-state index in [9.17, 15) is 19.2 Å². The lowest BCUT2D eigenvalue weighted by atomic mass is 10.1. The Morgan fingerprint density at radius 1 is 1.06 bits per heavy atom. The molecule has 4 amide bonds. The Bertz CT molecular complexity index is 1230. The second-order valence-electron chi connectivity index (χ2n) is 6.40. The number of carbonyl (C=O) groups is 4. The third-order valence-corrected chi connectivity index (χ3v) is 4.53. The number of ether oxygens (including phenoxy) is 1. The van der Waals surface area contributed by atoms with E-state index in [2.05, 4.69) is 10.3 Å². The maximum absolute atomic E-state index is 12.9. The highest BCUT2D eigenvalue weighted by molar-refractivity contribution is 6.39. The molecule has 1 saturated heterocycles. The van der Waals surface area contributed by atoms with E-state index in [1.54, 1.807) is 36.4 Å². The molecule has 0 aliphatic carbocycles. The molecule has 1 aliphatic rings. The van der Waals surface area contributed by atoms with Gasteiger partial charge in [-0.1, -0.05) is 18.2 Å². The van der Waals surface area contributed by atoms with Gasteiger partial charge in [0.1, 0.15) is 17.1 Å². The van der Waals surface area contributed by atoms with Crippen LogP contribution >= 0.6 is 0 Å². The van der Waals surface area contributed by atoms with Gasteiger partial charge < -0.3 is 9.15 Å². The van der Waals surface area contributed by atoms with Gasteiger partial charge in [0, 0.05) is 18.0 Å². The van der Waals surface area contributed by atoms with E-state index in [-0.39, 0.29) is 17.0 Å². The number of anilines is 1. The minimum atomic E-state index is -0.856. The smallest absolute Gasteiger partial charge is 0.338 e. The predicted octanol–water partition coefficient (Wildman–Crippen LogP) is 2.79. The largest absolute Gasteiger partial charge is 0.465 e. The van der Waals surface area contributed by atoms with Crippen molar-refractivity contribution in [3.8, 4) is 11.3 Å². The average Bonchev–Trinajstić information content (AvgIpc) is 3.25. The van der Waals surface area contributed by atoms with Gasteiger partial charge in [0.25, 0.3) is 11.8 Å². The quantitative estimate of drug-likeness (QED) is 0.394. The fourth-order valence-electron chi connectivity index (χ4n) is 3.09. The van der Waals surface area contributed by atoms with Gasteiger partial charge in [-0.15, -0.1) is 0 Å². The van der Waals surface area contributed by atoms with Gasteiger partial charge in [0.15, 0.2) is 0 Å². The SMILES string of the molecule is COC(=O)c1ccccc1-c1ccc(/C=C2\C(=O)NC(=O)N(c3ccncc3)C2=O)o1. The molecule has 0 atom stereocenters. The van der Waals surface area contributed by atoms with Crippen LogP contribution in [0.25, 0.3) is 17.4 Å². The standard InChI is InChI=1S/C22H15N3O6/c1-30-21(28)16-5-3-2-4-15(16)18-7-6-14(31-18)12-17-19(26)24-22(29)25(20(17)27)13-8-10-23-11-9-13/h2-12H,1H3,(H,24,26,29)/b17-12+. The number of hydrogen-bond donors (Lipinski definition) is 1. The van der Waals surface area contributed by atoms with Crippen LogP contribution in [0, 0.1) is 0 Å². The van der Waals surface area contributed by atoms with E-state index in [0.717, 1.165) is 4.90 Å². The molecule has 1 aliphatic heterocycles. The molecule has 4 rings (SSSR count). The zero-order valence-electron chi connectivity index (χ0n) is 16.2. The Balaban J connectivity index is 1.69. The molecule has 31 heavy (non-hydrogen) atoms. The molecule has 0 radical (unpaired) electrons. The first-order valence-corrected chi connectivity index (χ1v) is 9.08. The Kier molecular flexibility index (Phi) is 5.15. The number of urea groups is 1. The van der Waals surface area contributed by atoms with Crippen molar-refractivity contribution in [2.75, 3.05) is 12.0 Å². The van der Waals surface area contributed by atoms with Crippen LogP contribution in [0.5, 0.6) is 0 Å². The van der Waals surface area contributed by atoms with Crippen LogP contribution in [0.3, 0.4) is 0 Å². The van der Waals surface area contributed by atoms with Gasteiger partial charge >= 0.3 is 12.0 Å². The van der Waals surface area contributed by atoms with Crippen LogP contribution in [0.2, 0.25) is 0 Å². The van der Waals surface area contributed by atoms with Gasteiger partial charge in [0.2, 0.25) is 0 Å². The van der Waals surface area contributed by atoms with Crippen molar-refractivity contribution in [2.45, 2.75) is 0 Å². The summed E-state index contributed by atoms with van der Waals surface area (Å²) in [5.41, 5.74) is 0.785. The van der Waals surface area contributed by atoms with Gasteiger partial charge in [0.05, 0.1) is 18.4 Å². The van der Waals surface area contributed by atoms with Gasteiger partial charge in [-0.05, 0) is 36.4 Å². The lowest BCUT2D eigenvalue weighted by molar-refractivity contribution is -0.122. The summed E-state index contributed by atoms with van der Waals surface area (Å²) in [6.07, 6.45) is 4.09. The van der Waals surface area contributed by atoms with E-state index < -0.39 is 23.8 Å². The third-order valence-electron chi connectivity index (χ3n) is 4.53. The van der Waals surface area contributed by atoms with E-state index in [1.165, 1.54) is 37.7 Å². The van der Waals surface area contributed by atoms with Gasteiger partial charge in [-0.3, -0.25) is 19.9 Å². The molecule has 3 heterocycles. The van der Waals surface area contributed by atoms with Crippen LogP contribution in [-0.4, -0.2) is 35.9 Å². The first kappa shape index (κ1) is 19.8. The molecular formula is C22H15N3O6. The van der Waals surface area contributed by atoms with Crippen LogP contribution in [0.1, 0.15) is 16.1 Å². The maximum Gasteiger partial charge on any atom is 0.338 e. The molecule has 9 heteroatoms. The zero-order valence-corrected chi connectivity index (χ0v) is 16.2. The van der Waals surface area contributed by atoms with Crippen molar-refractivity contribution < 1.29 is 28.3 Å². The number of barbiturate groups is 1. The summed E-state index contributed by atoms with van der Waals surface area (Å²) < 4.78 is 10.5. The lowest BCUT2D eigenvalue weighted by Gasteiger charge is -2.25. The summed E-state index contributed by atoms with van der Waals surface area (Å²) in [7, 11) is 1.28. The second-order valence-corrected chi connectivity index (χ2v) is 6.40. The van der Waals surface area contributed by atoms with Crippen molar-refractivity contribution in [3.05, 3.63) is 77.8 Å². The Morgan fingerprint density at radius 2 is 1.81 bits per heavy atom. The maximum atomic E-state index is 12.9. The summed E-state index contributed by atoms with van der Waals surface area (Å²) in [6, 6.07) is 11.9. The highest BCUT2D eigenvalue weighted by Gasteiger charge is 2.37. The first-order valence-electron chi connectivity index (χ1n) is 9.08. The molecule has 1 fully saturated rings. The number of benzene rings is 1. The van der Waals surface area contributed by atoms with E-state index in [0.29, 0.717) is 16.9 Å². The molecule has 0 saturated carbocycles. The number of hydrogen-bond acceptors (Lipinski definition) is 7. The number of nitrogens with zero attached hydrogens (tertiary/aromatic N) is 2. The number of pyridine rings is 1. The third kappa shape index (κ3) is 3.71. The second kappa shape index (κ2) is 8.07. The Hall–Kier alpha value is -4.53. The van der Waals surface area contributed by atoms with Crippen LogP contribution in [0.15, 0.2) is 70.9 Å². The lowest BCUT2D eigenvalue weighted by Crippen LogP contribution is -2.54. The normalized spacial score (nSPS) is 15.2. The fourth-order valence-corrected chi connectivity index (χ4v) is 3.09. The minimum Gasteiger partial charge on any atom is -0.465 e. The average molecular weight is 417 g/mol. The highest BCUT2D eigenvalue weighted by atomic mass is 16.5. The van der Waals surface area contributed by atoms with E-state index in [4.69, 9.17) is 9.15 Å². The number of furan rings is 1. The topological polar surface area (TPSA) is 119 Å². The number of imide groups is 2. The van der Waals surface area contributed by atoms with E-state index in [1.807, 2.05) is 0 Å². The summed E-state index contributed by atoms with van der Waals surface area (Å²) >= 11 is 0. The van der Waals surface area contributed by atoms with Gasteiger partial charge in [-0.2, -0.15) is 0 Å². The molecule has 0 bridgehead atoms. The van der Waals surface area contributed by atoms with Crippen molar-refractivity contribution in [3.63, 3.8) is 0 Å². The Labute approximate surface area is 175 Å². The van der Waals surface area contributed by atoms with Crippen molar-refractivity contribution in [1.82, 2.24) is 10.3 Å². The van der Waals surface area contributed by atoms with Crippen molar-refractivity contribution in [2.24, 2.45) is 0 Å². The number of methoxy groups -OCH3 is 1. The number of carbonyl (C=O) groups excluding carboxylic acids is 4. The summed E-state index contributed by atoms with van der Waals surface area (Å²) in [5, 5.41) is 2.13. The molecule has 1 aromatic carbocycles. The van der Waals surface area contributed by atoms with Crippen LogP contribution in [0.4, 0.5) is 10.5 Å². The summed E-state index contributed by atoms with van der Waals surface area (Å²) in [5.74, 6) is -1.63. The van der Waals surface area contributed by atoms with Crippen LogP contribution in [-0.2, 0) is 14.3 Å². The van der Waals surface area contributed by atoms with Gasteiger partial charge in [-0.25, -0.2) is 14.5 Å². The molecule has 0 spiro atoms. The predicted molar refractivity (Wildman–Crippen MR) is 109 cm³/mol. The molecule has 154 valence electrons. The Morgan fingerprint density at radius 3 is 2.55 bits per heavy atom. The summed E-state index contributed by atoms with van der Waals surface area (Å²) in [4.78, 5) is 54.0. The number of rotatable bonds is 4. The van der Waals surface area contributed by atoms with Crippen molar-refractivity contribution in [1.29, 1.82) is 0 Å². The molecule has 0 unspecified atom stereocenters. The molecule has 1 N–H and O–H groups in total. The van der Waals surface area contributed by atoms with Crippen LogP contribution < -0.4 is 10.2 Å². The number of esters is 1. The molecule has 3 aromatic rings. The molecule has 9 nitrogen and oxygen atoms in total. The molecule has 2 aromatic heterocycles. The zero-order chi connectivity index (χ0) is 22.0. The van der Waals surface area contributed by atoms with Crippen molar-refractivity contribution >= 4 is 35.6 Å². The number of nitrogens with one attached hydrogen (secondary N) is 1. The van der Waals surface area contributed by atoms with E-state index >= 15 is 0 Å². The monoisotopic (exact) mass is 417 g/mol. The fraction of sp³-hybridized carbons (Fsp3) is 0.0455. The number of amides is 4. The number of aromatic nitrogens is 1. The summed E-state index contributed by atoms with van der Waals surface area (Å²) in [6.45, 7) is 0. The first-order chi connectivity index (χ1) is 15.0. The molecular weight excluding hydrogens is 402 g/mol. The highest BCUT2D eigenvalue weighted by Crippen LogP contribution is 2.28.